The van der Waals surface area contributed by atoms with Crippen molar-refractivity contribution in [2.45, 2.75) is 13.8 Å². The molecule has 1 N–H and O–H groups in total. The van der Waals surface area contributed by atoms with Crippen molar-refractivity contribution in [3.63, 3.8) is 0 Å². The summed E-state index contributed by atoms with van der Waals surface area (Å²) in [6, 6.07) is 0. The Balaban J connectivity index is 3.46. The van der Waals surface area contributed by atoms with E-state index in [1.165, 1.54) is 0 Å². The predicted octanol–water partition coefficient (Wildman–Crippen LogP) is 2.02. The van der Waals surface area contributed by atoms with E-state index in [-0.39, 0.29) is 0 Å². The number of aliphatic hydroxyl groups is 1. The van der Waals surface area contributed by atoms with Crippen LogP contribution in [0.15, 0.2) is 24.0 Å². The Morgan fingerprint density at radius 3 is 2.29 bits per heavy atom. The van der Waals surface area contributed by atoms with Gasteiger partial charge in [0.15, 0.2) is 0 Å². The maximum Gasteiger partial charge on any atom is 0.0891 e. The topological polar surface area (TPSA) is 20.2 Å². The normalized spacial score (nSPS) is 13.1. The molecule has 0 aromatic carbocycles. The van der Waals surface area contributed by atoms with Gasteiger partial charge in [0, 0.05) is 0 Å². The Morgan fingerprint density at radius 1 is 1.57 bits per heavy atom. The first-order valence-electron chi connectivity index (χ1n) is 2.26. The van der Waals surface area contributed by atoms with Crippen LogP contribution >= 0.6 is 0 Å². The summed E-state index contributed by atoms with van der Waals surface area (Å²) in [5.41, 5.74) is 0. The van der Waals surface area contributed by atoms with Crippen molar-refractivity contribution in [1.82, 2.24) is 0 Å². The van der Waals surface area contributed by atoms with Gasteiger partial charge in [0.1, 0.15) is 0 Å². The molecular weight excluding hydrogens is 88.1 g/mol. The highest BCUT2D eigenvalue weighted by molar-refractivity contribution is 5.03. The van der Waals surface area contributed by atoms with Crippen LogP contribution in [0.3, 0.4) is 0 Å². The maximum atomic E-state index is 8.49. The summed E-state index contributed by atoms with van der Waals surface area (Å²) in [6.45, 7) is 3.54. The summed E-state index contributed by atoms with van der Waals surface area (Å²) in [4.78, 5) is 0. The molecule has 0 aromatic heterocycles. The van der Waals surface area contributed by atoms with Crippen LogP contribution in [0, 0.1) is 0 Å². The summed E-state index contributed by atoms with van der Waals surface area (Å²) in [6.07, 6.45) is 5.29. The molecule has 0 radical (unpaired) electrons. The Hall–Kier alpha value is -0.720. The quantitative estimate of drug-likeness (QED) is 0.393. The molecule has 0 bridgehead atoms. The maximum absolute atomic E-state index is 8.49. The van der Waals surface area contributed by atoms with Crippen LogP contribution in [-0.2, 0) is 0 Å². The zero-order valence-electron chi connectivity index (χ0n) is 4.68. The van der Waals surface area contributed by atoms with Crippen LogP contribution in [-0.4, -0.2) is 5.11 Å². The van der Waals surface area contributed by atoms with Crippen LogP contribution in [0.1, 0.15) is 13.8 Å². The number of allylic oxidation sites excluding steroid dienone is 4. The minimum absolute atomic E-state index is 0.345. The van der Waals surface area contributed by atoms with E-state index >= 15 is 0 Å². The van der Waals surface area contributed by atoms with Crippen LogP contribution in [0.5, 0.6) is 0 Å². The molecule has 0 aliphatic heterocycles. The van der Waals surface area contributed by atoms with Gasteiger partial charge in [0.05, 0.1) is 5.76 Å². The van der Waals surface area contributed by atoms with Crippen molar-refractivity contribution < 1.29 is 5.11 Å². The van der Waals surface area contributed by atoms with Crippen molar-refractivity contribution in [2.75, 3.05) is 0 Å². The lowest BCUT2D eigenvalue weighted by atomic mass is 10.4. The fraction of sp³-hybridized carbons (Fsp3) is 0.333. The lowest BCUT2D eigenvalue weighted by Gasteiger charge is -1.78. The average Bonchev–Trinajstić information content (AvgIpc) is 1.61. The van der Waals surface area contributed by atoms with Crippen LogP contribution in [0.2, 0.25) is 0 Å². The standard InChI is InChI=1S/C6H10O/c1-3-4-5-6(2)7/h3-5,7H,1-2H3/b4-3+,6-5+. The van der Waals surface area contributed by atoms with E-state index in [0.717, 1.165) is 0 Å². The first-order valence-corrected chi connectivity index (χ1v) is 2.26. The minimum atomic E-state index is 0.345. The molecule has 1 heteroatoms. The van der Waals surface area contributed by atoms with E-state index in [9.17, 15) is 0 Å². The molecule has 1 nitrogen and oxygen atoms in total. The molecule has 0 aliphatic rings. The minimum Gasteiger partial charge on any atom is -0.513 e. The molecule has 0 aliphatic carbocycles. The molecule has 0 saturated heterocycles. The number of rotatable bonds is 1. The highest BCUT2D eigenvalue weighted by Gasteiger charge is 1.68. The third-order valence-corrected chi connectivity index (χ3v) is 0.530. The molecule has 0 rings (SSSR count). The second-order valence-corrected chi connectivity index (χ2v) is 1.33. The lowest BCUT2D eigenvalue weighted by Crippen LogP contribution is -1.63. The molecule has 0 fully saturated rings. The Bertz CT molecular complexity index is 86.4. The lowest BCUT2D eigenvalue weighted by molar-refractivity contribution is 0.414. The molecule has 0 spiro atoms. The van der Waals surface area contributed by atoms with Gasteiger partial charge in [0.25, 0.3) is 0 Å². The van der Waals surface area contributed by atoms with Gasteiger partial charge < -0.3 is 5.11 Å². The summed E-state index contributed by atoms with van der Waals surface area (Å²) in [5.74, 6) is 0.345. The highest BCUT2D eigenvalue weighted by atomic mass is 16.3. The first-order chi connectivity index (χ1) is 3.27. The molecule has 0 unspecified atom stereocenters. The average molecular weight is 98.1 g/mol. The fourth-order valence-corrected chi connectivity index (χ4v) is 0.235. The zero-order chi connectivity index (χ0) is 5.70. The van der Waals surface area contributed by atoms with Crippen LogP contribution < -0.4 is 0 Å². The Morgan fingerprint density at radius 2 is 2.14 bits per heavy atom. The van der Waals surface area contributed by atoms with Gasteiger partial charge >= 0.3 is 0 Å². The van der Waals surface area contributed by atoms with Crippen molar-refractivity contribution in [3.05, 3.63) is 24.0 Å². The van der Waals surface area contributed by atoms with E-state index < -0.39 is 0 Å². The molecule has 0 aromatic rings. The first kappa shape index (κ1) is 6.28. The third-order valence-electron chi connectivity index (χ3n) is 0.530. The van der Waals surface area contributed by atoms with Crippen molar-refractivity contribution >= 4 is 0 Å². The van der Waals surface area contributed by atoms with Gasteiger partial charge in [-0.1, -0.05) is 12.2 Å². The number of aliphatic hydroxyl groups excluding tert-OH is 1. The van der Waals surface area contributed by atoms with Crippen LogP contribution in [0.4, 0.5) is 0 Å². The van der Waals surface area contributed by atoms with Gasteiger partial charge in [-0.15, -0.1) is 0 Å². The van der Waals surface area contributed by atoms with E-state index in [1.54, 1.807) is 19.1 Å². The van der Waals surface area contributed by atoms with E-state index in [0.29, 0.717) is 5.76 Å². The molecule has 0 heterocycles. The Labute approximate surface area is 44.0 Å². The van der Waals surface area contributed by atoms with Crippen molar-refractivity contribution in [3.8, 4) is 0 Å². The van der Waals surface area contributed by atoms with Crippen molar-refractivity contribution in [1.29, 1.82) is 0 Å². The van der Waals surface area contributed by atoms with Crippen molar-refractivity contribution in [2.24, 2.45) is 0 Å². The van der Waals surface area contributed by atoms with E-state index in [2.05, 4.69) is 0 Å². The summed E-state index contributed by atoms with van der Waals surface area (Å²) in [7, 11) is 0. The zero-order valence-corrected chi connectivity index (χ0v) is 4.68. The van der Waals surface area contributed by atoms with Gasteiger partial charge in [-0.3, -0.25) is 0 Å². The Kier molecular flexibility index (Phi) is 3.11. The summed E-state index contributed by atoms with van der Waals surface area (Å²) in [5, 5.41) is 8.49. The highest BCUT2D eigenvalue weighted by Crippen LogP contribution is 1.83. The van der Waals surface area contributed by atoms with E-state index in [1.807, 2.05) is 13.0 Å². The van der Waals surface area contributed by atoms with Gasteiger partial charge in [0.2, 0.25) is 0 Å². The second kappa shape index (κ2) is 3.47. The largest absolute Gasteiger partial charge is 0.513 e. The second-order valence-electron chi connectivity index (χ2n) is 1.33. The molecule has 0 saturated carbocycles. The third kappa shape index (κ3) is 5.28. The molecule has 40 valence electrons. The fourth-order valence-electron chi connectivity index (χ4n) is 0.235. The number of hydrogen-bond donors (Lipinski definition) is 1. The van der Waals surface area contributed by atoms with Gasteiger partial charge in [-0.25, -0.2) is 0 Å². The van der Waals surface area contributed by atoms with Gasteiger partial charge in [-0.05, 0) is 19.9 Å². The molecular formula is C6H10O. The number of hydrogen-bond acceptors (Lipinski definition) is 1. The van der Waals surface area contributed by atoms with E-state index in [4.69, 9.17) is 5.11 Å². The summed E-state index contributed by atoms with van der Waals surface area (Å²) >= 11 is 0. The predicted molar refractivity (Wildman–Crippen MR) is 31.2 cm³/mol. The summed E-state index contributed by atoms with van der Waals surface area (Å²) < 4.78 is 0. The molecule has 0 amide bonds. The monoisotopic (exact) mass is 98.1 g/mol. The molecule has 7 heavy (non-hydrogen) atoms. The smallest absolute Gasteiger partial charge is 0.0891 e. The van der Waals surface area contributed by atoms with Gasteiger partial charge in [-0.2, -0.15) is 0 Å². The van der Waals surface area contributed by atoms with Crippen LogP contribution in [0.25, 0.3) is 0 Å². The SMILES string of the molecule is C/C=C/C=C(\C)O. The molecule has 0 atom stereocenters.